The van der Waals surface area contributed by atoms with E-state index in [0.717, 1.165) is 47.8 Å². The third kappa shape index (κ3) is 2.73. The molecule has 7 nitrogen and oxygen atoms in total. The first-order valence-electron chi connectivity index (χ1n) is 9.93. The van der Waals surface area contributed by atoms with Gasteiger partial charge in [-0.25, -0.2) is 27.0 Å². The first kappa shape index (κ1) is 18.2. The summed E-state index contributed by atoms with van der Waals surface area (Å²) in [6.45, 7) is 5.10. The first-order chi connectivity index (χ1) is 14.0. The Morgan fingerprint density at radius 1 is 1.14 bits per heavy atom. The molecule has 1 aromatic carbocycles. The zero-order valence-electron chi connectivity index (χ0n) is 16.5. The Morgan fingerprint density at radius 2 is 1.93 bits per heavy atom. The second-order valence-electron chi connectivity index (χ2n) is 7.62. The van der Waals surface area contributed by atoms with Crippen molar-refractivity contribution in [2.45, 2.75) is 44.0 Å². The van der Waals surface area contributed by atoms with E-state index in [9.17, 15) is 8.42 Å². The summed E-state index contributed by atoms with van der Waals surface area (Å²) in [4.78, 5) is 9.22. The van der Waals surface area contributed by atoms with Crippen molar-refractivity contribution >= 4 is 32.1 Å². The Labute approximate surface area is 169 Å². The third-order valence-electron chi connectivity index (χ3n) is 5.84. The van der Waals surface area contributed by atoms with Crippen LogP contribution in [0.1, 0.15) is 31.7 Å². The van der Waals surface area contributed by atoms with E-state index in [1.165, 1.54) is 3.97 Å². The summed E-state index contributed by atoms with van der Waals surface area (Å²) in [5.74, 6) is 0. The van der Waals surface area contributed by atoms with Crippen molar-refractivity contribution in [3.63, 3.8) is 0 Å². The average Bonchev–Trinajstić information content (AvgIpc) is 3.44. The molecule has 0 aliphatic carbocycles. The third-order valence-corrected chi connectivity index (χ3v) is 7.52. The highest BCUT2D eigenvalue weighted by atomic mass is 32.2. The number of pyridine rings is 1. The second-order valence-corrected chi connectivity index (χ2v) is 9.43. The molecule has 8 heteroatoms. The van der Waals surface area contributed by atoms with Gasteiger partial charge in [0.05, 0.1) is 11.1 Å². The Kier molecular flexibility index (Phi) is 4.13. The minimum atomic E-state index is -3.73. The maximum absolute atomic E-state index is 13.2. The Balaban J connectivity index is 1.70. The van der Waals surface area contributed by atoms with Crippen LogP contribution in [0.2, 0.25) is 0 Å². The van der Waals surface area contributed by atoms with Crippen LogP contribution in [0.15, 0.2) is 53.9 Å². The Hall–Kier alpha value is -2.87. The van der Waals surface area contributed by atoms with Crippen LogP contribution in [0.3, 0.4) is 0 Å². The van der Waals surface area contributed by atoms with E-state index < -0.39 is 10.0 Å². The summed E-state index contributed by atoms with van der Waals surface area (Å²) < 4.78 is 29.8. The van der Waals surface area contributed by atoms with Crippen molar-refractivity contribution in [2.24, 2.45) is 0 Å². The molecule has 1 atom stereocenters. The van der Waals surface area contributed by atoms with Crippen molar-refractivity contribution in [1.82, 2.24) is 18.6 Å². The second kappa shape index (κ2) is 6.59. The summed E-state index contributed by atoms with van der Waals surface area (Å²) >= 11 is 0. The molecule has 1 saturated heterocycles. The maximum Gasteiger partial charge on any atom is 0.269 e. The molecule has 1 fully saturated rings. The highest BCUT2D eigenvalue weighted by Gasteiger charge is 2.27. The van der Waals surface area contributed by atoms with Gasteiger partial charge in [-0.05, 0) is 44.4 Å². The topological polar surface area (TPSA) is 73.0 Å². The minimum absolute atomic E-state index is 0.251. The molecule has 0 spiro atoms. The van der Waals surface area contributed by atoms with E-state index in [1.54, 1.807) is 36.7 Å². The molecule has 4 aromatic rings. The molecule has 0 bridgehead atoms. The van der Waals surface area contributed by atoms with Gasteiger partial charge in [0, 0.05) is 24.2 Å². The number of aryl methyl sites for hydroxylation is 1. The standard InChI is InChI=1S/C21H23N5O2S/c1-3-16-5-4-11-24(16)25-14-23-19-13-22-21-18(20(19)25)10-12-26(21)29(27,28)17-8-6-15(2)7-9-17/h6-10,12-14,16H,3-5,11H2,1-2H3/t16-/m1/s1. The van der Waals surface area contributed by atoms with Gasteiger partial charge in [-0.3, -0.25) is 0 Å². The number of benzene rings is 1. The van der Waals surface area contributed by atoms with Gasteiger partial charge >= 0.3 is 0 Å². The summed E-state index contributed by atoms with van der Waals surface area (Å²) in [5.41, 5.74) is 3.12. The zero-order chi connectivity index (χ0) is 20.2. The molecule has 29 heavy (non-hydrogen) atoms. The predicted octanol–water partition coefficient (Wildman–Crippen LogP) is 3.44. The lowest BCUT2D eigenvalue weighted by Crippen LogP contribution is -2.38. The molecular formula is C21H23N5O2S. The lowest BCUT2D eigenvalue weighted by Gasteiger charge is -2.27. The highest BCUT2D eigenvalue weighted by molar-refractivity contribution is 7.90. The normalized spacial score (nSPS) is 17.6. The van der Waals surface area contributed by atoms with Crippen LogP contribution < -0.4 is 5.01 Å². The largest absolute Gasteiger partial charge is 0.308 e. The molecule has 0 unspecified atom stereocenters. The quantitative estimate of drug-likeness (QED) is 0.516. The van der Waals surface area contributed by atoms with Crippen LogP contribution in [-0.2, 0) is 10.0 Å². The Morgan fingerprint density at radius 3 is 2.69 bits per heavy atom. The van der Waals surface area contributed by atoms with Gasteiger partial charge in [-0.15, -0.1) is 0 Å². The van der Waals surface area contributed by atoms with Crippen LogP contribution in [-0.4, -0.2) is 39.6 Å². The molecule has 0 N–H and O–H groups in total. The van der Waals surface area contributed by atoms with Gasteiger partial charge in [0.1, 0.15) is 17.4 Å². The summed E-state index contributed by atoms with van der Waals surface area (Å²) in [6.07, 6.45) is 8.45. The number of hydrogen-bond donors (Lipinski definition) is 0. The SMILES string of the molecule is CC[C@@H]1CCCN1n1cnc2cnc3c(ccn3S(=O)(=O)c3ccc(C)cc3)c21. The molecule has 150 valence electrons. The van der Waals surface area contributed by atoms with Crippen LogP contribution >= 0.6 is 0 Å². The first-order valence-corrected chi connectivity index (χ1v) is 11.4. The molecular weight excluding hydrogens is 386 g/mol. The summed E-state index contributed by atoms with van der Waals surface area (Å²) in [7, 11) is -3.73. The fourth-order valence-electron chi connectivity index (χ4n) is 4.28. The van der Waals surface area contributed by atoms with Crippen molar-refractivity contribution in [3.8, 4) is 0 Å². The van der Waals surface area contributed by atoms with Crippen LogP contribution in [0.4, 0.5) is 0 Å². The molecule has 0 saturated carbocycles. The van der Waals surface area contributed by atoms with Crippen LogP contribution in [0.25, 0.3) is 22.1 Å². The number of nitrogens with zero attached hydrogens (tertiary/aromatic N) is 5. The van der Waals surface area contributed by atoms with E-state index in [2.05, 4.69) is 26.6 Å². The minimum Gasteiger partial charge on any atom is -0.308 e. The van der Waals surface area contributed by atoms with Crippen LogP contribution in [0, 0.1) is 6.92 Å². The van der Waals surface area contributed by atoms with Crippen molar-refractivity contribution in [3.05, 3.63) is 54.6 Å². The smallest absolute Gasteiger partial charge is 0.269 e. The van der Waals surface area contributed by atoms with Crippen LogP contribution in [0.5, 0.6) is 0 Å². The van der Waals surface area contributed by atoms with Gasteiger partial charge in [0.25, 0.3) is 10.0 Å². The van der Waals surface area contributed by atoms with Gasteiger partial charge in [0.2, 0.25) is 0 Å². The number of hydrogen-bond acceptors (Lipinski definition) is 5. The zero-order valence-corrected chi connectivity index (χ0v) is 17.3. The molecule has 0 radical (unpaired) electrons. The van der Waals surface area contributed by atoms with E-state index in [0.29, 0.717) is 11.7 Å². The molecule has 5 rings (SSSR count). The van der Waals surface area contributed by atoms with E-state index >= 15 is 0 Å². The Bertz CT molecular complexity index is 1300. The summed E-state index contributed by atoms with van der Waals surface area (Å²) in [6, 6.07) is 9.17. The number of aromatic nitrogens is 4. The molecule has 0 amide bonds. The number of imidazole rings is 1. The predicted molar refractivity (Wildman–Crippen MR) is 113 cm³/mol. The number of rotatable bonds is 4. The molecule has 1 aliphatic heterocycles. The van der Waals surface area contributed by atoms with E-state index in [1.807, 2.05) is 19.3 Å². The lowest BCUT2D eigenvalue weighted by atomic mass is 10.2. The van der Waals surface area contributed by atoms with Gasteiger partial charge in [-0.1, -0.05) is 24.6 Å². The van der Waals surface area contributed by atoms with Gasteiger partial charge in [0.15, 0.2) is 5.65 Å². The van der Waals surface area contributed by atoms with E-state index in [-0.39, 0.29) is 4.90 Å². The van der Waals surface area contributed by atoms with Gasteiger partial charge in [-0.2, -0.15) is 0 Å². The lowest BCUT2D eigenvalue weighted by molar-refractivity contribution is 0.537. The monoisotopic (exact) mass is 409 g/mol. The van der Waals surface area contributed by atoms with Gasteiger partial charge < -0.3 is 5.01 Å². The highest BCUT2D eigenvalue weighted by Crippen LogP contribution is 2.29. The molecule has 1 aliphatic rings. The van der Waals surface area contributed by atoms with Crippen molar-refractivity contribution in [1.29, 1.82) is 0 Å². The average molecular weight is 410 g/mol. The van der Waals surface area contributed by atoms with Crippen molar-refractivity contribution < 1.29 is 8.42 Å². The maximum atomic E-state index is 13.2. The number of fused-ring (bicyclic) bond motifs is 3. The fourth-order valence-corrected chi connectivity index (χ4v) is 5.58. The fraction of sp³-hybridized carbons (Fsp3) is 0.333. The van der Waals surface area contributed by atoms with E-state index in [4.69, 9.17) is 0 Å². The molecule has 4 heterocycles. The summed E-state index contributed by atoms with van der Waals surface area (Å²) in [5, 5.41) is 3.12. The molecule has 3 aromatic heterocycles. The van der Waals surface area contributed by atoms with Crippen molar-refractivity contribution in [2.75, 3.05) is 11.6 Å².